The molecule has 6 heteroatoms. The van der Waals surface area contributed by atoms with E-state index < -0.39 is 17.9 Å². The van der Waals surface area contributed by atoms with Gasteiger partial charge in [0, 0.05) is 18.0 Å². The molecule has 0 fully saturated rings. The predicted molar refractivity (Wildman–Crippen MR) is 97.3 cm³/mol. The van der Waals surface area contributed by atoms with Gasteiger partial charge < -0.3 is 15.2 Å². The molecule has 0 aliphatic heterocycles. The number of amides is 1. The number of hydrogen-bond acceptors (Lipinski definition) is 4. The van der Waals surface area contributed by atoms with Crippen LogP contribution < -0.4 is 10.1 Å². The standard InChI is InChI=1S/C20H18N2O4/c1-26-16-7-4-5-13(9-16)10-18(20(24)25)22-19(23)15-11-14-6-2-3-8-17(14)21-12-15/h2-9,11-12,18H,10H2,1H3,(H,22,23)(H,24,25)/t18-/m1/s1. The monoisotopic (exact) mass is 350 g/mol. The molecular weight excluding hydrogens is 332 g/mol. The van der Waals surface area contributed by atoms with Crippen molar-refractivity contribution in [3.8, 4) is 5.75 Å². The lowest BCUT2D eigenvalue weighted by atomic mass is 10.0. The number of pyridine rings is 1. The summed E-state index contributed by atoms with van der Waals surface area (Å²) in [6, 6.07) is 15.2. The zero-order valence-electron chi connectivity index (χ0n) is 14.2. The minimum Gasteiger partial charge on any atom is -0.497 e. The molecule has 132 valence electrons. The van der Waals surface area contributed by atoms with Gasteiger partial charge in [-0.15, -0.1) is 0 Å². The number of nitrogens with zero attached hydrogens (tertiary/aromatic N) is 1. The molecule has 0 unspecified atom stereocenters. The van der Waals surface area contributed by atoms with Crippen LogP contribution >= 0.6 is 0 Å². The normalized spacial score (nSPS) is 11.7. The van der Waals surface area contributed by atoms with Crippen LogP contribution in [-0.4, -0.2) is 35.1 Å². The van der Waals surface area contributed by atoms with E-state index >= 15 is 0 Å². The molecule has 26 heavy (non-hydrogen) atoms. The molecule has 0 aliphatic rings. The SMILES string of the molecule is COc1cccc(C[C@@H](NC(=O)c2cnc3ccccc3c2)C(=O)O)c1. The second-order valence-corrected chi connectivity index (χ2v) is 5.84. The molecule has 0 saturated carbocycles. The van der Waals surface area contributed by atoms with Crippen molar-refractivity contribution in [3.05, 3.63) is 71.9 Å². The maximum absolute atomic E-state index is 12.5. The summed E-state index contributed by atoms with van der Waals surface area (Å²) in [6.07, 6.45) is 1.60. The predicted octanol–water partition coefficient (Wildman–Crippen LogP) is 2.67. The van der Waals surface area contributed by atoms with Gasteiger partial charge in [-0.25, -0.2) is 4.79 Å². The van der Waals surface area contributed by atoms with Gasteiger partial charge in [0.2, 0.25) is 0 Å². The van der Waals surface area contributed by atoms with Crippen molar-refractivity contribution in [3.63, 3.8) is 0 Å². The van der Waals surface area contributed by atoms with E-state index in [1.165, 1.54) is 6.20 Å². The van der Waals surface area contributed by atoms with Crippen LogP contribution in [-0.2, 0) is 11.2 Å². The van der Waals surface area contributed by atoms with Crippen LogP contribution in [0.1, 0.15) is 15.9 Å². The summed E-state index contributed by atoms with van der Waals surface area (Å²) < 4.78 is 5.15. The van der Waals surface area contributed by atoms with Crippen molar-refractivity contribution in [1.29, 1.82) is 0 Å². The van der Waals surface area contributed by atoms with E-state index in [1.54, 1.807) is 37.4 Å². The number of carboxylic acid groups (broad SMARTS) is 1. The quantitative estimate of drug-likeness (QED) is 0.713. The second kappa shape index (κ2) is 7.65. The van der Waals surface area contributed by atoms with Crippen LogP contribution in [0.3, 0.4) is 0 Å². The summed E-state index contributed by atoms with van der Waals surface area (Å²) >= 11 is 0. The lowest BCUT2D eigenvalue weighted by molar-refractivity contribution is -0.139. The molecule has 0 aliphatic carbocycles. The first kappa shape index (κ1) is 17.4. The Morgan fingerprint density at radius 3 is 2.73 bits per heavy atom. The van der Waals surface area contributed by atoms with Crippen molar-refractivity contribution in [2.24, 2.45) is 0 Å². The minimum absolute atomic E-state index is 0.152. The fraction of sp³-hybridized carbons (Fsp3) is 0.150. The summed E-state index contributed by atoms with van der Waals surface area (Å²) in [7, 11) is 1.54. The van der Waals surface area contributed by atoms with Crippen LogP contribution in [0.25, 0.3) is 10.9 Å². The molecule has 0 saturated heterocycles. The number of aliphatic carboxylic acids is 1. The number of carbonyl (C=O) groups excluding carboxylic acids is 1. The molecule has 3 aromatic rings. The number of para-hydroxylation sites is 1. The van der Waals surface area contributed by atoms with E-state index in [-0.39, 0.29) is 6.42 Å². The number of ether oxygens (including phenoxy) is 1. The Labute approximate surface area is 150 Å². The Morgan fingerprint density at radius 1 is 1.15 bits per heavy atom. The van der Waals surface area contributed by atoms with Crippen LogP contribution in [0.15, 0.2) is 60.8 Å². The fourth-order valence-corrected chi connectivity index (χ4v) is 2.67. The van der Waals surface area contributed by atoms with Gasteiger partial charge in [0.1, 0.15) is 11.8 Å². The number of carboxylic acids is 1. The highest BCUT2D eigenvalue weighted by molar-refractivity contribution is 5.99. The largest absolute Gasteiger partial charge is 0.497 e. The molecule has 2 aromatic carbocycles. The Morgan fingerprint density at radius 2 is 1.96 bits per heavy atom. The van der Waals surface area contributed by atoms with Gasteiger partial charge >= 0.3 is 5.97 Å². The van der Waals surface area contributed by atoms with Gasteiger partial charge in [-0.1, -0.05) is 30.3 Å². The molecular formula is C20H18N2O4. The Bertz CT molecular complexity index is 955. The Balaban J connectivity index is 1.77. The summed E-state index contributed by atoms with van der Waals surface area (Å²) in [6.45, 7) is 0. The third-order valence-electron chi connectivity index (χ3n) is 4.03. The molecule has 1 atom stereocenters. The van der Waals surface area contributed by atoms with Gasteiger partial charge in [0.15, 0.2) is 0 Å². The first-order valence-corrected chi connectivity index (χ1v) is 8.08. The van der Waals surface area contributed by atoms with Gasteiger partial charge in [-0.2, -0.15) is 0 Å². The summed E-state index contributed by atoms with van der Waals surface area (Å²) in [4.78, 5) is 28.3. The van der Waals surface area contributed by atoms with E-state index in [0.29, 0.717) is 11.3 Å². The highest BCUT2D eigenvalue weighted by atomic mass is 16.5. The third-order valence-corrected chi connectivity index (χ3v) is 4.03. The third kappa shape index (κ3) is 3.97. The molecule has 0 spiro atoms. The number of carbonyl (C=O) groups is 2. The van der Waals surface area contributed by atoms with E-state index in [1.807, 2.05) is 24.3 Å². The average Bonchev–Trinajstić information content (AvgIpc) is 2.67. The number of fused-ring (bicyclic) bond motifs is 1. The van der Waals surface area contributed by atoms with E-state index in [4.69, 9.17) is 4.74 Å². The zero-order chi connectivity index (χ0) is 18.5. The smallest absolute Gasteiger partial charge is 0.326 e. The van der Waals surface area contributed by atoms with Crippen molar-refractivity contribution in [2.45, 2.75) is 12.5 Å². The Kier molecular flexibility index (Phi) is 5.12. The van der Waals surface area contributed by atoms with E-state index in [9.17, 15) is 14.7 Å². The molecule has 1 heterocycles. The molecule has 1 amide bonds. The van der Waals surface area contributed by atoms with E-state index in [2.05, 4.69) is 10.3 Å². The molecule has 0 bridgehead atoms. The van der Waals surface area contributed by atoms with Gasteiger partial charge in [0.05, 0.1) is 18.2 Å². The number of benzene rings is 2. The van der Waals surface area contributed by atoms with Crippen LogP contribution in [0.2, 0.25) is 0 Å². The van der Waals surface area contributed by atoms with Gasteiger partial charge in [-0.3, -0.25) is 9.78 Å². The maximum atomic E-state index is 12.5. The lowest BCUT2D eigenvalue weighted by Crippen LogP contribution is -2.42. The molecule has 2 N–H and O–H groups in total. The number of nitrogens with one attached hydrogen (secondary N) is 1. The van der Waals surface area contributed by atoms with Crippen molar-refractivity contribution in [1.82, 2.24) is 10.3 Å². The summed E-state index contributed by atoms with van der Waals surface area (Å²) in [5, 5.41) is 12.9. The van der Waals surface area contributed by atoms with Gasteiger partial charge in [0.25, 0.3) is 5.91 Å². The highest BCUT2D eigenvalue weighted by Gasteiger charge is 2.21. The Hall–Kier alpha value is -3.41. The number of aromatic nitrogens is 1. The van der Waals surface area contributed by atoms with Crippen molar-refractivity contribution >= 4 is 22.8 Å². The van der Waals surface area contributed by atoms with Crippen LogP contribution in [0, 0.1) is 0 Å². The lowest BCUT2D eigenvalue weighted by Gasteiger charge is -2.15. The molecule has 3 rings (SSSR count). The van der Waals surface area contributed by atoms with Crippen molar-refractivity contribution < 1.29 is 19.4 Å². The number of hydrogen-bond donors (Lipinski definition) is 2. The van der Waals surface area contributed by atoms with Crippen LogP contribution in [0.4, 0.5) is 0 Å². The van der Waals surface area contributed by atoms with Gasteiger partial charge in [-0.05, 0) is 29.8 Å². The topological polar surface area (TPSA) is 88.5 Å². The molecule has 0 radical (unpaired) electrons. The van der Waals surface area contributed by atoms with E-state index in [0.717, 1.165) is 16.5 Å². The first-order valence-electron chi connectivity index (χ1n) is 8.08. The molecule has 6 nitrogen and oxygen atoms in total. The first-order chi connectivity index (χ1) is 12.6. The summed E-state index contributed by atoms with van der Waals surface area (Å²) in [5.41, 5.74) is 1.85. The number of methoxy groups -OCH3 is 1. The maximum Gasteiger partial charge on any atom is 0.326 e. The van der Waals surface area contributed by atoms with Crippen molar-refractivity contribution in [2.75, 3.05) is 7.11 Å². The summed E-state index contributed by atoms with van der Waals surface area (Å²) in [5.74, 6) is -0.940. The zero-order valence-corrected chi connectivity index (χ0v) is 14.2. The minimum atomic E-state index is -1.10. The molecule has 1 aromatic heterocycles. The van der Waals surface area contributed by atoms with Crippen LogP contribution in [0.5, 0.6) is 5.75 Å². The highest BCUT2D eigenvalue weighted by Crippen LogP contribution is 2.15. The fourth-order valence-electron chi connectivity index (χ4n) is 2.67. The average molecular weight is 350 g/mol. The second-order valence-electron chi connectivity index (χ2n) is 5.84. The number of rotatable bonds is 6.